The van der Waals surface area contributed by atoms with Crippen molar-refractivity contribution in [3.63, 3.8) is 0 Å². The first-order valence-corrected chi connectivity index (χ1v) is 8.98. The lowest BCUT2D eigenvalue weighted by atomic mass is 10.1. The zero-order valence-electron chi connectivity index (χ0n) is 14.8. The zero-order chi connectivity index (χ0) is 17.9. The van der Waals surface area contributed by atoms with Crippen LogP contribution in [0.5, 0.6) is 0 Å². The second kappa shape index (κ2) is 7.37. The van der Waals surface area contributed by atoms with Gasteiger partial charge in [0.05, 0.1) is 18.4 Å². The molecule has 1 N–H and O–H groups in total. The van der Waals surface area contributed by atoms with E-state index in [1.54, 1.807) is 18.3 Å². The summed E-state index contributed by atoms with van der Waals surface area (Å²) in [5.74, 6) is 1.67. The highest BCUT2D eigenvalue weighted by molar-refractivity contribution is 5.62. The second-order valence-corrected chi connectivity index (χ2v) is 6.98. The Bertz CT molecular complexity index is 851. The molecule has 3 aromatic rings. The van der Waals surface area contributed by atoms with Crippen molar-refractivity contribution in [2.45, 2.75) is 44.7 Å². The van der Waals surface area contributed by atoms with Gasteiger partial charge in [0.25, 0.3) is 0 Å². The van der Waals surface area contributed by atoms with Crippen molar-refractivity contribution in [1.29, 1.82) is 0 Å². The van der Waals surface area contributed by atoms with Crippen molar-refractivity contribution in [2.24, 2.45) is 0 Å². The summed E-state index contributed by atoms with van der Waals surface area (Å²) in [5, 5.41) is 11.3. The van der Waals surface area contributed by atoms with Gasteiger partial charge in [-0.05, 0) is 44.2 Å². The van der Waals surface area contributed by atoms with E-state index in [0.29, 0.717) is 24.8 Å². The van der Waals surface area contributed by atoms with Crippen LogP contribution in [-0.2, 0) is 13.1 Å². The van der Waals surface area contributed by atoms with Crippen LogP contribution in [-0.4, -0.2) is 32.3 Å². The second-order valence-electron chi connectivity index (χ2n) is 6.98. The van der Waals surface area contributed by atoms with E-state index in [2.05, 4.69) is 25.2 Å². The summed E-state index contributed by atoms with van der Waals surface area (Å²) in [4.78, 5) is 6.68. The Hall–Kier alpha value is -2.54. The molecule has 0 bridgehead atoms. The van der Waals surface area contributed by atoms with Crippen LogP contribution >= 0.6 is 0 Å². The molecule has 2 heterocycles. The predicted octanol–water partition coefficient (Wildman–Crippen LogP) is 3.89. The Morgan fingerprint density at radius 1 is 1.19 bits per heavy atom. The largest absolute Gasteiger partial charge is 0.339 e. The topological polar surface area (TPSA) is 70.8 Å². The Morgan fingerprint density at radius 2 is 1.96 bits per heavy atom. The highest BCUT2D eigenvalue weighted by Crippen LogP contribution is 2.33. The van der Waals surface area contributed by atoms with E-state index in [1.807, 2.05) is 7.05 Å². The molecule has 2 aromatic heterocycles. The first-order valence-electron chi connectivity index (χ1n) is 8.98. The van der Waals surface area contributed by atoms with Crippen molar-refractivity contribution in [3.05, 3.63) is 53.6 Å². The minimum absolute atomic E-state index is 0.248. The zero-order valence-corrected chi connectivity index (χ0v) is 14.8. The summed E-state index contributed by atoms with van der Waals surface area (Å²) < 4.78 is 18.6. The molecule has 6 nitrogen and oxygen atoms in total. The number of aromatic amines is 1. The maximum atomic E-state index is 13.1. The van der Waals surface area contributed by atoms with Crippen molar-refractivity contribution in [2.75, 3.05) is 7.05 Å². The van der Waals surface area contributed by atoms with E-state index in [4.69, 9.17) is 4.52 Å². The van der Waals surface area contributed by atoms with E-state index in [9.17, 15) is 4.39 Å². The quantitative estimate of drug-likeness (QED) is 0.726. The first kappa shape index (κ1) is 16.9. The maximum absolute atomic E-state index is 13.1. The molecule has 0 spiro atoms. The molecule has 1 aliphatic carbocycles. The van der Waals surface area contributed by atoms with Crippen LogP contribution in [0, 0.1) is 5.82 Å². The van der Waals surface area contributed by atoms with Crippen LogP contribution < -0.4 is 0 Å². The summed E-state index contributed by atoms with van der Waals surface area (Å²) in [6.45, 7) is 1.28. The lowest BCUT2D eigenvalue weighted by Crippen LogP contribution is -2.18. The number of nitrogens with zero attached hydrogens (tertiary/aromatic N) is 4. The third-order valence-corrected chi connectivity index (χ3v) is 4.89. The average Bonchev–Trinajstić information content (AvgIpc) is 3.36. The van der Waals surface area contributed by atoms with Gasteiger partial charge in [-0.15, -0.1) is 0 Å². The minimum Gasteiger partial charge on any atom is -0.339 e. The van der Waals surface area contributed by atoms with Crippen molar-refractivity contribution < 1.29 is 8.91 Å². The third-order valence-electron chi connectivity index (χ3n) is 4.89. The van der Waals surface area contributed by atoms with Crippen LogP contribution in [0.1, 0.15) is 48.9 Å². The van der Waals surface area contributed by atoms with Gasteiger partial charge in [-0.2, -0.15) is 10.1 Å². The SMILES string of the molecule is CN(Cc1noc(C2CCCC2)n1)Cc1cn[nH]c1-c1ccc(F)cc1. The minimum atomic E-state index is -0.248. The summed E-state index contributed by atoms with van der Waals surface area (Å²) in [6.07, 6.45) is 6.58. The Labute approximate surface area is 151 Å². The van der Waals surface area contributed by atoms with E-state index in [1.165, 1.54) is 25.0 Å². The number of hydrogen-bond donors (Lipinski definition) is 1. The van der Waals surface area contributed by atoms with Crippen LogP contribution in [0.15, 0.2) is 35.0 Å². The van der Waals surface area contributed by atoms with Gasteiger partial charge in [0, 0.05) is 23.6 Å². The predicted molar refractivity (Wildman–Crippen MR) is 94.7 cm³/mol. The van der Waals surface area contributed by atoms with Crippen LogP contribution in [0.25, 0.3) is 11.3 Å². The lowest BCUT2D eigenvalue weighted by molar-refractivity contribution is 0.298. The number of halogens is 1. The van der Waals surface area contributed by atoms with Crippen LogP contribution in [0.4, 0.5) is 4.39 Å². The van der Waals surface area contributed by atoms with E-state index in [-0.39, 0.29) is 5.82 Å². The van der Waals surface area contributed by atoms with Gasteiger partial charge in [0.1, 0.15) is 5.82 Å². The molecule has 1 aliphatic rings. The average molecular weight is 355 g/mol. The molecule has 1 saturated carbocycles. The van der Waals surface area contributed by atoms with Crippen LogP contribution in [0.2, 0.25) is 0 Å². The highest BCUT2D eigenvalue weighted by atomic mass is 19.1. The lowest BCUT2D eigenvalue weighted by Gasteiger charge is -2.14. The molecular weight excluding hydrogens is 333 g/mol. The maximum Gasteiger partial charge on any atom is 0.229 e. The van der Waals surface area contributed by atoms with Gasteiger partial charge in [-0.25, -0.2) is 4.39 Å². The normalized spacial score (nSPS) is 15.2. The number of rotatable bonds is 6. The van der Waals surface area contributed by atoms with Gasteiger partial charge >= 0.3 is 0 Å². The molecule has 1 aromatic carbocycles. The molecule has 7 heteroatoms. The van der Waals surface area contributed by atoms with Gasteiger partial charge < -0.3 is 4.52 Å². The molecule has 1 fully saturated rings. The Morgan fingerprint density at radius 3 is 2.73 bits per heavy atom. The van der Waals surface area contributed by atoms with E-state index < -0.39 is 0 Å². The number of benzene rings is 1. The molecule has 26 heavy (non-hydrogen) atoms. The number of H-pyrrole nitrogens is 1. The summed E-state index contributed by atoms with van der Waals surface area (Å²) in [7, 11) is 2.01. The van der Waals surface area contributed by atoms with E-state index in [0.717, 1.165) is 35.6 Å². The highest BCUT2D eigenvalue weighted by Gasteiger charge is 2.23. The monoisotopic (exact) mass is 355 g/mol. The van der Waals surface area contributed by atoms with Gasteiger partial charge in [-0.3, -0.25) is 10.00 Å². The summed E-state index contributed by atoms with van der Waals surface area (Å²) in [6, 6.07) is 6.40. The Kier molecular flexibility index (Phi) is 4.79. The van der Waals surface area contributed by atoms with Gasteiger partial charge in [0.15, 0.2) is 5.82 Å². The first-order chi connectivity index (χ1) is 12.7. The molecular formula is C19H22FN5O. The standard InChI is InChI=1S/C19H22FN5O/c1-25(12-17-22-19(26-24-17)14-4-2-3-5-14)11-15-10-21-23-18(15)13-6-8-16(20)9-7-13/h6-10,14H,2-5,11-12H2,1H3,(H,21,23). The van der Waals surface area contributed by atoms with Crippen molar-refractivity contribution >= 4 is 0 Å². The van der Waals surface area contributed by atoms with Crippen molar-refractivity contribution in [3.8, 4) is 11.3 Å². The summed E-state index contributed by atoms with van der Waals surface area (Å²) >= 11 is 0. The number of hydrogen-bond acceptors (Lipinski definition) is 5. The van der Waals surface area contributed by atoms with E-state index >= 15 is 0 Å². The van der Waals surface area contributed by atoms with Gasteiger partial charge in [0.2, 0.25) is 5.89 Å². The number of aromatic nitrogens is 4. The van der Waals surface area contributed by atoms with Crippen LogP contribution in [0.3, 0.4) is 0 Å². The molecule has 0 radical (unpaired) electrons. The third kappa shape index (κ3) is 3.67. The molecule has 0 saturated heterocycles. The molecule has 136 valence electrons. The summed E-state index contributed by atoms with van der Waals surface area (Å²) in [5.41, 5.74) is 2.85. The molecule has 4 rings (SSSR count). The molecule has 0 unspecified atom stereocenters. The fraction of sp³-hybridized carbons (Fsp3) is 0.421. The Balaban J connectivity index is 1.42. The molecule has 0 amide bonds. The number of nitrogens with one attached hydrogen (secondary N) is 1. The fourth-order valence-electron chi connectivity index (χ4n) is 3.56. The molecule has 0 aliphatic heterocycles. The smallest absolute Gasteiger partial charge is 0.229 e. The molecule has 0 atom stereocenters. The fourth-order valence-corrected chi connectivity index (χ4v) is 3.56. The van der Waals surface area contributed by atoms with Crippen molar-refractivity contribution in [1.82, 2.24) is 25.2 Å². The van der Waals surface area contributed by atoms with Gasteiger partial charge in [-0.1, -0.05) is 18.0 Å².